The summed E-state index contributed by atoms with van der Waals surface area (Å²) in [4.78, 5) is 19.8. The van der Waals surface area contributed by atoms with Crippen LogP contribution in [-0.4, -0.2) is 24.1 Å². The van der Waals surface area contributed by atoms with Gasteiger partial charge in [-0.05, 0) is 61.2 Å². The third kappa shape index (κ3) is 6.72. The molecule has 4 heteroatoms. The van der Waals surface area contributed by atoms with Crippen LogP contribution in [0.15, 0.2) is 12.2 Å². The molecule has 2 aliphatic carbocycles. The standard InChI is InChI=1S/C20H38O.C4H2O3/c1-13(2)17-9-7-15(5)11-19(17)21-20-12-16(6)8-10-18(20)14(3)4;5-3-1-2-4(6)7-3/h13-20H,7-12H2,1-6H3;1-2H. The zero-order chi connectivity index (χ0) is 20.8. The molecule has 1 aliphatic heterocycles. The van der Waals surface area contributed by atoms with Gasteiger partial charge in [-0.15, -0.1) is 0 Å². The summed E-state index contributed by atoms with van der Waals surface area (Å²) in [6.07, 6.45) is 11.3. The summed E-state index contributed by atoms with van der Waals surface area (Å²) in [6, 6.07) is 0. The summed E-state index contributed by atoms with van der Waals surface area (Å²) in [6.45, 7) is 14.4. The van der Waals surface area contributed by atoms with Crippen LogP contribution >= 0.6 is 0 Å². The van der Waals surface area contributed by atoms with E-state index in [4.69, 9.17) is 4.74 Å². The number of carbonyl (C=O) groups excluding carboxylic acids is 2. The molecule has 0 amide bonds. The van der Waals surface area contributed by atoms with Gasteiger partial charge in [0.1, 0.15) is 0 Å². The summed E-state index contributed by atoms with van der Waals surface area (Å²) >= 11 is 0. The number of esters is 2. The van der Waals surface area contributed by atoms with Crippen LogP contribution in [0.5, 0.6) is 0 Å². The van der Waals surface area contributed by atoms with Gasteiger partial charge in [-0.2, -0.15) is 0 Å². The van der Waals surface area contributed by atoms with Crippen LogP contribution in [0.4, 0.5) is 0 Å². The zero-order valence-electron chi connectivity index (χ0n) is 18.6. The first-order chi connectivity index (χ1) is 13.2. The minimum atomic E-state index is -0.579. The molecule has 0 spiro atoms. The van der Waals surface area contributed by atoms with Gasteiger partial charge in [-0.3, -0.25) is 0 Å². The number of hydrogen-bond donors (Lipinski definition) is 0. The fourth-order valence-electron chi connectivity index (χ4n) is 5.07. The first-order valence-electron chi connectivity index (χ1n) is 11.3. The molecule has 2 saturated carbocycles. The highest BCUT2D eigenvalue weighted by Gasteiger charge is 2.37. The molecule has 0 radical (unpaired) electrons. The molecule has 1 heterocycles. The fourth-order valence-corrected chi connectivity index (χ4v) is 5.07. The highest BCUT2D eigenvalue weighted by atomic mass is 16.6. The van der Waals surface area contributed by atoms with Gasteiger partial charge in [0.25, 0.3) is 0 Å². The van der Waals surface area contributed by atoms with Gasteiger partial charge in [0, 0.05) is 12.2 Å². The SMILES string of the molecule is CC1CCC(C(C)C)C(OC2CC(C)CCC2C(C)C)C1.O=C1C=CC(=O)O1. The second kappa shape index (κ2) is 10.6. The van der Waals surface area contributed by atoms with Gasteiger partial charge in [-0.25, -0.2) is 9.59 Å². The van der Waals surface area contributed by atoms with Crippen LogP contribution in [0.3, 0.4) is 0 Å². The summed E-state index contributed by atoms with van der Waals surface area (Å²) in [7, 11) is 0. The van der Waals surface area contributed by atoms with Crippen LogP contribution in [0.2, 0.25) is 0 Å². The maximum Gasteiger partial charge on any atom is 0.338 e. The second-order valence-corrected chi connectivity index (χ2v) is 9.94. The quantitative estimate of drug-likeness (QED) is 0.465. The summed E-state index contributed by atoms with van der Waals surface area (Å²) < 4.78 is 10.8. The van der Waals surface area contributed by atoms with Crippen LogP contribution in [0, 0.1) is 35.5 Å². The Morgan fingerprint density at radius 2 is 1.18 bits per heavy atom. The maximum atomic E-state index is 9.92. The van der Waals surface area contributed by atoms with E-state index in [1.165, 1.54) is 38.5 Å². The third-order valence-electron chi connectivity index (χ3n) is 6.83. The maximum absolute atomic E-state index is 9.92. The Labute approximate surface area is 171 Å². The molecule has 28 heavy (non-hydrogen) atoms. The van der Waals surface area contributed by atoms with E-state index >= 15 is 0 Å². The van der Waals surface area contributed by atoms with E-state index in [1.807, 2.05) is 0 Å². The average Bonchev–Trinajstić information content (AvgIpc) is 2.98. The Morgan fingerprint density at radius 1 is 0.786 bits per heavy atom. The van der Waals surface area contributed by atoms with Crippen molar-refractivity contribution in [2.75, 3.05) is 0 Å². The Kier molecular flexibility index (Phi) is 8.73. The van der Waals surface area contributed by atoms with E-state index in [1.54, 1.807) is 0 Å². The highest BCUT2D eigenvalue weighted by Crippen LogP contribution is 2.41. The van der Waals surface area contributed by atoms with Crippen molar-refractivity contribution in [3.63, 3.8) is 0 Å². The largest absolute Gasteiger partial charge is 0.387 e. The molecule has 0 aromatic rings. The van der Waals surface area contributed by atoms with Crippen molar-refractivity contribution in [1.82, 2.24) is 0 Å². The summed E-state index contributed by atoms with van der Waals surface area (Å²) in [5.74, 6) is 3.64. The van der Waals surface area contributed by atoms with E-state index in [2.05, 4.69) is 46.3 Å². The number of carbonyl (C=O) groups is 2. The average molecular weight is 393 g/mol. The first kappa shape index (κ1) is 23.1. The van der Waals surface area contributed by atoms with Crippen molar-refractivity contribution in [2.24, 2.45) is 35.5 Å². The molecule has 3 rings (SSSR count). The van der Waals surface area contributed by atoms with Gasteiger partial charge in [0.05, 0.1) is 12.2 Å². The fraction of sp³-hybridized carbons (Fsp3) is 0.833. The van der Waals surface area contributed by atoms with Gasteiger partial charge in [-0.1, -0.05) is 54.4 Å². The predicted octanol–water partition coefficient (Wildman–Crippen LogP) is 5.55. The third-order valence-corrected chi connectivity index (χ3v) is 6.83. The Bertz CT molecular complexity index is 505. The molecule has 160 valence electrons. The zero-order valence-corrected chi connectivity index (χ0v) is 18.6. The van der Waals surface area contributed by atoms with E-state index in [9.17, 15) is 9.59 Å². The highest BCUT2D eigenvalue weighted by molar-refractivity contribution is 6.04. The Balaban J connectivity index is 0.000000336. The number of ether oxygens (including phenoxy) is 2. The molecule has 0 aromatic carbocycles. The van der Waals surface area contributed by atoms with Crippen LogP contribution in [-0.2, 0) is 19.1 Å². The van der Waals surface area contributed by atoms with Crippen molar-refractivity contribution in [2.45, 2.75) is 92.3 Å². The summed E-state index contributed by atoms with van der Waals surface area (Å²) in [5.41, 5.74) is 0. The summed E-state index contributed by atoms with van der Waals surface area (Å²) in [5, 5.41) is 0. The van der Waals surface area contributed by atoms with Crippen molar-refractivity contribution < 1.29 is 19.1 Å². The number of rotatable bonds is 4. The molecule has 0 N–H and O–H groups in total. The van der Waals surface area contributed by atoms with Crippen LogP contribution in [0.25, 0.3) is 0 Å². The molecule has 3 aliphatic rings. The molecular weight excluding hydrogens is 352 g/mol. The lowest BCUT2D eigenvalue weighted by atomic mass is 9.73. The van der Waals surface area contributed by atoms with Crippen molar-refractivity contribution in [3.8, 4) is 0 Å². The second-order valence-electron chi connectivity index (χ2n) is 9.94. The van der Waals surface area contributed by atoms with E-state index in [0.717, 1.165) is 47.7 Å². The van der Waals surface area contributed by atoms with Crippen LogP contribution < -0.4 is 0 Å². The molecule has 0 aromatic heterocycles. The topological polar surface area (TPSA) is 52.6 Å². The van der Waals surface area contributed by atoms with Gasteiger partial charge in [0.2, 0.25) is 0 Å². The van der Waals surface area contributed by atoms with Gasteiger partial charge >= 0.3 is 11.9 Å². The van der Waals surface area contributed by atoms with Crippen molar-refractivity contribution >= 4 is 11.9 Å². The first-order valence-corrected chi connectivity index (χ1v) is 11.3. The minimum Gasteiger partial charge on any atom is -0.387 e. The molecule has 0 bridgehead atoms. The minimum absolute atomic E-state index is 0.519. The van der Waals surface area contributed by atoms with Crippen molar-refractivity contribution in [1.29, 1.82) is 0 Å². The van der Waals surface area contributed by atoms with E-state index < -0.39 is 11.9 Å². The Morgan fingerprint density at radius 3 is 1.46 bits per heavy atom. The lowest BCUT2D eigenvalue weighted by Gasteiger charge is -2.44. The van der Waals surface area contributed by atoms with E-state index in [0.29, 0.717) is 12.2 Å². The molecule has 0 saturated heterocycles. The molecule has 2 fully saturated rings. The smallest absolute Gasteiger partial charge is 0.338 e. The molecular formula is C24H40O4. The molecule has 6 atom stereocenters. The molecule has 6 unspecified atom stereocenters. The molecule has 4 nitrogen and oxygen atoms in total. The lowest BCUT2D eigenvalue weighted by molar-refractivity contribution is -0.150. The van der Waals surface area contributed by atoms with Gasteiger partial charge < -0.3 is 9.47 Å². The van der Waals surface area contributed by atoms with E-state index in [-0.39, 0.29) is 0 Å². The van der Waals surface area contributed by atoms with Gasteiger partial charge in [0.15, 0.2) is 0 Å². The monoisotopic (exact) mass is 392 g/mol. The number of hydrogen-bond acceptors (Lipinski definition) is 4. The number of cyclic esters (lactones) is 2. The predicted molar refractivity (Wildman–Crippen MR) is 112 cm³/mol. The van der Waals surface area contributed by atoms with Crippen molar-refractivity contribution in [3.05, 3.63) is 12.2 Å². The van der Waals surface area contributed by atoms with Crippen LogP contribution in [0.1, 0.15) is 80.1 Å². The normalized spacial score (nSPS) is 35.7. The Hall–Kier alpha value is -1.16. The lowest BCUT2D eigenvalue weighted by Crippen LogP contribution is -2.42.